The number of ether oxygens (including phenoxy) is 1. The van der Waals surface area contributed by atoms with Crippen LogP contribution in [0.2, 0.25) is 0 Å². The quantitative estimate of drug-likeness (QED) is 0.312. The molecule has 5 heteroatoms. The number of fused-ring (bicyclic) bond motifs is 3. The minimum absolute atomic E-state index is 0.578. The molecule has 33 heavy (non-hydrogen) atoms. The summed E-state index contributed by atoms with van der Waals surface area (Å²) in [6, 6.07) is 28.6. The van der Waals surface area contributed by atoms with Gasteiger partial charge in [0.15, 0.2) is 0 Å². The van der Waals surface area contributed by atoms with E-state index < -0.39 is 0 Å². The van der Waals surface area contributed by atoms with Gasteiger partial charge in [-0.2, -0.15) is 0 Å². The molecule has 0 fully saturated rings. The molecule has 0 saturated heterocycles. The van der Waals surface area contributed by atoms with Crippen LogP contribution in [0, 0.1) is 6.92 Å². The normalized spacial score (nSPS) is 11.2. The first-order valence-electron chi connectivity index (χ1n) is 10.8. The molecule has 3 heterocycles. The van der Waals surface area contributed by atoms with E-state index in [4.69, 9.17) is 4.74 Å². The lowest BCUT2D eigenvalue weighted by Crippen LogP contribution is -1.99. The van der Waals surface area contributed by atoms with E-state index in [0.29, 0.717) is 11.8 Å². The van der Waals surface area contributed by atoms with Gasteiger partial charge < -0.3 is 4.74 Å². The van der Waals surface area contributed by atoms with Crippen molar-refractivity contribution in [3.05, 3.63) is 109 Å². The van der Waals surface area contributed by atoms with Crippen molar-refractivity contribution in [1.82, 2.24) is 19.5 Å². The Morgan fingerprint density at radius 3 is 2.33 bits per heavy atom. The van der Waals surface area contributed by atoms with Gasteiger partial charge in [0, 0.05) is 35.4 Å². The van der Waals surface area contributed by atoms with Crippen molar-refractivity contribution >= 4 is 21.8 Å². The van der Waals surface area contributed by atoms with Crippen LogP contribution in [0.1, 0.15) is 5.56 Å². The van der Waals surface area contributed by atoms with Gasteiger partial charge in [-0.05, 0) is 53.9 Å². The molecule has 0 atom stereocenters. The van der Waals surface area contributed by atoms with Crippen LogP contribution in [0.25, 0.3) is 38.9 Å². The molecule has 6 rings (SSSR count). The van der Waals surface area contributed by atoms with Crippen LogP contribution in [0.15, 0.2) is 104 Å². The Morgan fingerprint density at radius 2 is 1.48 bits per heavy atom. The van der Waals surface area contributed by atoms with Crippen LogP contribution in [0.3, 0.4) is 0 Å². The average Bonchev–Trinajstić information content (AvgIpc) is 3.20. The predicted octanol–water partition coefficient (Wildman–Crippen LogP) is 6.74. The molecule has 5 nitrogen and oxygen atoms in total. The van der Waals surface area contributed by atoms with Gasteiger partial charge in [-0.15, -0.1) is 0 Å². The maximum absolute atomic E-state index is 5.99. The Kier molecular flexibility index (Phi) is 4.58. The first-order chi connectivity index (χ1) is 16.3. The topological polar surface area (TPSA) is 52.8 Å². The largest absolute Gasteiger partial charge is 0.439 e. The first kappa shape index (κ1) is 19.2. The van der Waals surface area contributed by atoms with Gasteiger partial charge in [-0.25, -0.2) is 15.0 Å². The molecule has 0 radical (unpaired) electrons. The average molecular weight is 428 g/mol. The lowest BCUT2D eigenvalue weighted by Gasteiger charge is -2.09. The van der Waals surface area contributed by atoms with Crippen LogP contribution < -0.4 is 4.74 Å². The Labute approximate surface area is 191 Å². The van der Waals surface area contributed by atoms with Gasteiger partial charge in [-0.3, -0.25) is 4.57 Å². The lowest BCUT2D eigenvalue weighted by molar-refractivity contribution is 0.463. The molecule has 0 saturated carbocycles. The lowest BCUT2D eigenvalue weighted by atomic mass is 10.0. The molecule has 0 aliphatic heterocycles. The minimum atomic E-state index is 0.578. The SMILES string of the molecule is Cc1ccc(Oc2cccc(-c3ccc4c5ccccc5n(-c5ncccn5)c4c3)c2)nc1. The van der Waals surface area contributed by atoms with Gasteiger partial charge in [0.2, 0.25) is 11.8 Å². The van der Waals surface area contributed by atoms with E-state index in [-0.39, 0.29) is 0 Å². The molecule has 3 aromatic carbocycles. The maximum Gasteiger partial charge on any atom is 0.234 e. The number of aryl methyl sites for hydroxylation is 1. The molecule has 158 valence electrons. The Hall–Kier alpha value is -4.51. The zero-order chi connectivity index (χ0) is 22.2. The van der Waals surface area contributed by atoms with E-state index in [1.165, 1.54) is 5.39 Å². The standard InChI is InChI=1S/C28H20N4O/c1-19-10-13-27(31-18-19)33-22-7-4-6-20(16-22)21-11-12-24-23-8-2-3-9-25(23)32(26(24)17-21)28-29-14-5-15-30-28/h2-18H,1H3. The van der Waals surface area contributed by atoms with Crippen molar-refractivity contribution in [2.45, 2.75) is 6.92 Å². The summed E-state index contributed by atoms with van der Waals surface area (Å²) in [7, 11) is 0. The number of benzene rings is 3. The number of para-hydroxylation sites is 1. The van der Waals surface area contributed by atoms with E-state index in [9.17, 15) is 0 Å². The number of rotatable bonds is 4. The summed E-state index contributed by atoms with van der Waals surface area (Å²) in [5.74, 6) is 1.98. The highest BCUT2D eigenvalue weighted by molar-refractivity contribution is 6.09. The van der Waals surface area contributed by atoms with Gasteiger partial charge >= 0.3 is 0 Å². The summed E-state index contributed by atoms with van der Waals surface area (Å²) in [6.45, 7) is 2.01. The number of aromatic nitrogens is 4. The summed E-state index contributed by atoms with van der Waals surface area (Å²) in [4.78, 5) is 13.4. The van der Waals surface area contributed by atoms with Gasteiger partial charge in [0.25, 0.3) is 0 Å². The Morgan fingerprint density at radius 1 is 0.667 bits per heavy atom. The Balaban J connectivity index is 1.48. The predicted molar refractivity (Wildman–Crippen MR) is 131 cm³/mol. The van der Waals surface area contributed by atoms with Gasteiger partial charge in [0.1, 0.15) is 5.75 Å². The summed E-state index contributed by atoms with van der Waals surface area (Å²) in [5, 5.41) is 2.34. The van der Waals surface area contributed by atoms with Crippen molar-refractivity contribution in [1.29, 1.82) is 0 Å². The van der Waals surface area contributed by atoms with Crippen LogP contribution in [0.4, 0.5) is 0 Å². The Bertz CT molecular complexity index is 1590. The molecule has 0 N–H and O–H groups in total. The van der Waals surface area contributed by atoms with Crippen LogP contribution in [-0.2, 0) is 0 Å². The molecule has 0 amide bonds. The molecule has 6 aromatic rings. The fourth-order valence-corrected chi connectivity index (χ4v) is 4.15. The van der Waals surface area contributed by atoms with E-state index in [1.54, 1.807) is 18.6 Å². The molecular formula is C28H20N4O. The highest BCUT2D eigenvalue weighted by atomic mass is 16.5. The minimum Gasteiger partial charge on any atom is -0.439 e. The van der Waals surface area contributed by atoms with Gasteiger partial charge in [-0.1, -0.05) is 48.5 Å². The summed E-state index contributed by atoms with van der Waals surface area (Å²) < 4.78 is 8.10. The second-order valence-electron chi connectivity index (χ2n) is 7.94. The second-order valence-corrected chi connectivity index (χ2v) is 7.94. The summed E-state index contributed by atoms with van der Waals surface area (Å²) in [6.07, 6.45) is 5.34. The van der Waals surface area contributed by atoms with Crippen molar-refractivity contribution in [3.63, 3.8) is 0 Å². The van der Waals surface area contributed by atoms with E-state index in [1.807, 2.05) is 49.4 Å². The fourth-order valence-electron chi connectivity index (χ4n) is 4.15. The van der Waals surface area contributed by atoms with Crippen molar-refractivity contribution in [3.8, 4) is 28.7 Å². The number of hydrogen-bond acceptors (Lipinski definition) is 4. The summed E-state index contributed by atoms with van der Waals surface area (Å²) in [5.41, 5.74) is 5.39. The summed E-state index contributed by atoms with van der Waals surface area (Å²) >= 11 is 0. The van der Waals surface area contributed by atoms with Crippen LogP contribution in [-0.4, -0.2) is 19.5 Å². The zero-order valence-electron chi connectivity index (χ0n) is 18.0. The third kappa shape index (κ3) is 3.49. The third-order valence-electron chi connectivity index (χ3n) is 5.70. The second kappa shape index (κ2) is 7.88. The van der Waals surface area contributed by atoms with Crippen LogP contribution >= 0.6 is 0 Å². The highest BCUT2D eigenvalue weighted by Gasteiger charge is 2.14. The first-order valence-corrected chi connectivity index (χ1v) is 10.8. The maximum atomic E-state index is 5.99. The van der Waals surface area contributed by atoms with E-state index in [2.05, 4.69) is 62.0 Å². The zero-order valence-corrected chi connectivity index (χ0v) is 18.0. The van der Waals surface area contributed by atoms with E-state index in [0.717, 1.165) is 38.9 Å². The molecule has 0 aliphatic rings. The molecule has 0 aliphatic carbocycles. The monoisotopic (exact) mass is 428 g/mol. The third-order valence-corrected chi connectivity index (χ3v) is 5.70. The molecule has 3 aromatic heterocycles. The molecule has 0 spiro atoms. The fraction of sp³-hybridized carbons (Fsp3) is 0.0357. The molecule has 0 bridgehead atoms. The number of pyridine rings is 1. The molecular weight excluding hydrogens is 408 g/mol. The highest BCUT2D eigenvalue weighted by Crippen LogP contribution is 2.34. The van der Waals surface area contributed by atoms with Crippen molar-refractivity contribution in [2.75, 3.05) is 0 Å². The van der Waals surface area contributed by atoms with Crippen LogP contribution in [0.5, 0.6) is 11.6 Å². The smallest absolute Gasteiger partial charge is 0.234 e. The molecule has 0 unspecified atom stereocenters. The van der Waals surface area contributed by atoms with Crippen molar-refractivity contribution in [2.24, 2.45) is 0 Å². The number of nitrogens with zero attached hydrogens (tertiary/aromatic N) is 4. The van der Waals surface area contributed by atoms with Crippen molar-refractivity contribution < 1.29 is 4.74 Å². The van der Waals surface area contributed by atoms with Gasteiger partial charge in [0.05, 0.1) is 11.0 Å². The van der Waals surface area contributed by atoms with E-state index >= 15 is 0 Å². The number of hydrogen-bond donors (Lipinski definition) is 0.